The maximum Gasteiger partial charge on any atom is 0.250 e. The van der Waals surface area contributed by atoms with E-state index in [0.29, 0.717) is 17.5 Å². The van der Waals surface area contributed by atoms with Crippen LogP contribution in [-0.2, 0) is 4.79 Å². The molecule has 0 saturated heterocycles. The lowest BCUT2D eigenvalue weighted by atomic mass is 10.2. The zero-order valence-electron chi connectivity index (χ0n) is 14.0. The SMILES string of the molecule is C=CCOc1ccccc1/C=N\NC(=O)CSc1nc2ccccc2[nH]1. The first-order chi connectivity index (χ1) is 12.8. The Morgan fingerprint density at radius 3 is 2.92 bits per heavy atom. The second-order valence-electron chi connectivity index (χ2n) is 5.28. The van der Waals surface area contributed by atoms with E-state index in [1.54, 1.807) is 12.3 Å². The number of H-pyrrole nitrogens is 1. The van der Waals surface area contributed by atoms with E-state index in [-0.39, 0.29) is 11.7 Å². The molecule has 2 N–H and O–H groups in total. The number of hydrazone groups is 1. The van der Waals surface area contributed by atoms with Crippen LogP contribution in [0.3, 0.4) is 0 Å². The molecule has 7 heteroatoms. The lowest BCUT2D eigenvalue weighted by Gasteiger charge is -2.06. The molecule has 0 fully saturated rings. The number of ether oxygens (including phenoxy) is 1. The molecule has 0 radical (unpaired) electrons. The van der Waals surface area contributed by atoms with Crippen molar-refractivity contribution in [3.05, 3.63) is 66.7 Å². The largest absolute Gasteiger partial charge is 0.489 e. The summed E-state index contributed by atoms with van der Waals surface area (Å²) in [4.78, 5) is 19.5. The lowest BCUT2D eigenvalue weighted by Crippen LogP contribution is -2.19. The minimum Gasteiger partial charge on any atom is -0.489 e. The number of carbonyl (C=O) groups is 1. The van der Waals surface area contributed by atoms with Crippen molar-refractivity contribution < 1.29 is 9.53 Å². The molecule has 0 aliphatic carbocycles. The van der Waals surface area contributed by atoms with Crippen LogP contribution in [0.4, 0.5) is 0 Å². The molecule has 0 spiro atoms. The van der Waals surface area contributed by atoms with Crippen LogP contribution in [0, 0.1) is 0 Å². The molecule has 2 aromatic carbocycles. The van der Waals surface area contributed by atoms with E-state index >= 15 is 0 Å². The molecule has 132 valence electrons. The summed E-state index contributed by atoms with van der Waals surface area (Å²) in [6, 6.07) is 15.2. The third-order valence-corrected chi connectivity index (χ3v) is 4.25. The molecule has 6 nitrogen and oxygen atoms in total. The Balaban J connectivity index is 1.52. The number of imidazole rings is 1. The number of aromatic amines is 1. The highest BCUT2D eigenvalue weighted by Gasteiger charge is 2.06. The Hall–Kier alpha value is -3.06. The summed E-state index contributed by atoms with van der Waals surface area (Å²) in [5.41, 5.74) is 5.12. The van der Waals surface area contributed by atoms with Gasteiger partial charge in [-0.15, -0.1) is 0 Å². The summed E-state index contributed by atoms with van der Waals surface area (Å²) in [5, 5.41) is 4.69. The summed E-state index contributed by atoms with van der Waals surface area (Å²) >= 11 is 1.33. The second-order valence-corrected chi connectivity index (χ2v) is 6.24. The Bertz CT molecular complexity index is 903. The highest BCUT2D eigenvalue weighted by Crippen LogP contribution is 2.19. The fourth-order valence-corrected chi connectivity index (χ4v) is 2.88. The molecule has 0 atom stereocenters. The maximum absolute atomic E-state index is 11.9. The number of nitrogens with zero attached hydrogens (tertiary/aromatic N) is 2. The average Bonchev–Trinajstić information content (AvgIpc) is 3.08. The summed E-state index contributed by atoms with van der Waals surface area (Å²) in [6.45, 7) is 4.03. The van der Waals surface area contributed by atoms with Crippen molar-refractivity contribution in [3.8, 4) is 5.75 Å². The van der Waals surface area contributed by atoms with Crippen molar-refractivity contribution in [1.29, 1.82) is 0 Å². The molecule has 0 bridgehead atoms. The van der Waals surface area contributed by atoms with Crippen molar-refractivity contribution in [2.75, 3.05) is 12.4 Å². The van der Waals surface area contributed by atoms with E-state index in [2.05, 4.69) is 27.1 Å². The van der Waals surface area contributed by atoms with Gasteiger partial charge in [-0.25, -0.2) is 10.4 Å². The lowest BCUT2D eigenvalue weighted by molar-refractivity contribution is -0.118. The summed E-state index contributed by atoms with van der Waals surface area (Å²) in [5.74, 6) is 0.685. The molecule has 1 aromatic heterocycles. The number of nitrogens with one attached hydrogen (secondary N) is 2. The summed E-state index contributed by atoms with van der Waals surface area (Å²) < 4.78 is 5.54. The molecule has 0 aliphatic heterocycles. The Kier molecular flexibility index (Phi) is 6.05. The number of thioether (sulfide) groups is 1. The predicted octanol–water partition coefficient (Wildman–Crippen LogP) is 3.37. The van der Waals surface area contributed by atoms with Crippen LogP contribution < -0.4 is 10.2 Å². The average molecular weight is 366 g/mol. The van der Waals surface area contributed by atoms with E-state index < -0.39 is 0 Å². The van der Waals surface area contributed by atoms with Crippen LogP contribution in [-0.4, -0.2) is 34.4 Å². The standard InChI is InChI=1S/C19H18N4O2S/c1-2-11-25-17-10-6-3-7-14(17)12-20-23-18(24)13-26-19-21-15-8-4-5-9-16(15)22-19/h2-10,12H,1,11,13H2,(H,21,22)(H,23,24)/b20-12-. The van der Waals surface area contributed by atoms with Gasteiger partial charge in [0.1, 0.15) is 12.4 Å². The van der Waals surface area contributed by atoms with Crippen molar-refractivity contribution in [2.24, 2.45) is 5.10 Å². The number of carbonyl (C=O) groups excluding carboxylic acids is 1. The van der Waals surface area contributed by atoms with Crippen LogP contribution in [0.5, 0.6) is 5.75 Å². The number of hydrogen-bond acceptors (Lipinski definition) is 5. The maximum atomic E-state index is 11.9. The van der Waals surface area contributed by atoms with Gasteiger partial charge < -0.3 is 9.72 Å². The summed E-state index contributed by atoms with van der Waals surface area (Å²) in [7, 11) is 0. The predicted molar refractivity (Wildman–Crippen MR) is 105 cm³/mol. The first-order valence-corrected chi connectivity index (χ1v) is 8.97. The van der Waals surface area contributed by atoms with Crippen LogP contribution in [0.1, 0.15) is 5.56 Å². The number of hydrogen-bond donors (Lipinski definition) is 2. The Morgan fingerprint density at radius 2 is 2.08 bits per heavy atom. The highest BCUT2D eigenvalue weighted by atomic mass is 32.2. The first-order valence-electron chi connectivity index (χ1n) is 7.98. The molecule has 1 heterocycles. The van der Waals surface area contributed by atoms with Gasteiger partial charge in [-0.2, -0.15) is 5.10 Å². The van der Waals surface area contributed by atoms with Gasteiger partial charge in [-0.1, -0.05) is 48.7 Å². The number of rotatable bonds is 8. The Labute approximate surface area is 155 Å². The van der Waals surface area contributed by atoms with Gasteiger partial charge in [-0.05, 0) is 24.3 Å². The van der Waals surface area contributed by atoms with Crippen LogP contribution in [0.2, 0.25) is 0 Å². The van der Waals surface area contributed by atoms with Crippen molar-refractivity contribution >= 4 is 34.9 Å². The van der Waals surface area contributed by atoms with Crippen molar-refractivity contribution in [3.63, 3.8) is 0 Å². The minimum absolute atomic E-state index is 0.212. The molecule has 0 aliphatic rings. The highest BCUT2D eigenvalue weighted by molar-refractivity contribution is 7.99. The minimum atomic E-state index is -0.212. The molecule has 0 saturated carbocycles. The number of amides is 1. The molecule has 3 aromatic rings. The summed E-state index contributed by atoms with van der Waals surface area (Å²) in [6.07, 6.45) is 3.23. The Morgan fingerprint density at radius 1 is 1.27 bits per heavy atom. The van der Waals surface area contributed by atoms with E-state index in [0.717, 1.165) is 16.6 Å². The molecular formula is C19H18N4O2S. The topological polar surface area (TPSA) is 79.4 Å². The van der Waals surface area contributed by atoms with Crippen LogP contribution in [0.15, 0.2) is 71.4 Å². The van der Waals surface area contributed by atoms with E-state index in [9.17, 15) is 4.79 Å². The monoisotopic (exact) mass is 366 g/mol. The third kappa shape index (κ3) is 4.73. The van der Waals surface area contributed by atoms with Gasteiger partial charge >= 0.3 is 0 Å². The number of para-hydroxylation sites is 3. The van der Waals surface area contributed by atoms with Crippen LogP contribution >= 0.6 is 11.8 Å². The number of aromatic nitrogens is 2. The molecule has 0 unspecified atom stereocenters. The molecule has 26 heavy (non-hydrogen) atoms. The van der Waals surface area contributed by atoms with E-state index in [1.807, 2.05) is 48.5 Å². The fraction of sp³-hybridized carbons (Fsp3) is 0.105. The van der Waals surface area contributed by atoms with Crippen molar-refractivity contribution in [2.45, 2.75) is 5.16 Å². The number of fused-ring (bicyclic) bond motifs is 1. The molecule has 3 rings (SSSR count). The van der Waals surface area contributed by atoms with Gasteiger partial charge in [0.15, 0.2) is 5.16 Å². The zero-order valence-corrected chi connectivity index (χ0v) is 14.8. The van der Waals surface area contributed by atoms with Crippen LogP contribution in [0.25, 0.3) is 11.0 Å². The van der Waals surface area contributed by atoms with Crippen molar-refractivity contribution in [1.82, 2.24) is 15.4 Å². The van der Waals surface area contributed by atoms with Gasteiger partial charge in [-0.3, -0.25) is 4.79 Å². The zero-order chi connectivity index (χ0) is 18.2. The van der Waals surface area contributed by atoms with Gasteiger partial charge in [0.25, 0.3) is 5.91 Å². The van der Waals surface area contributed by atoms with E-state index in [1.165, 1.54) is 11.8 Å². The van der Waals surface area contributed by atoms with E-state index in [4.69, 9.17) is 4.74 Å². The first kappa shape index (κ1) is 17.8. The number of benzene rings is 2. The quantitative estimate of drug-likeness (QED) is 0.277. The second kappa shape index (κ2) is 8.87. The van der Waals surface area contributed by atoms with Gasteiger partial charge in [0.2, 0.25) is 0 Å². The fourth-order valence-electron chi connectivity index (χ4n) is 2.21. The molecule has 1 amide bonds. The normalized spacial score (nSPS) is 10.9. The third-order valence-electron chi connectivity index (χ3n) is 3.38. The van der Waals surface area contributed by atoms with Gasteiger partial charge in [0.05, 0.1) is 23.0 Å². The smallest absolute Gasteiger partial charge is 0.250 e. The van der Waals surface area contributed by atoms with Gasteiger partial charge in [0, 0.05) is 5.56 Å². The molecular weight excluding hydrogens is 348 g/mol.